The van der Waals surface area contributed by atoms with Gasteiger partial charge in [-0.15, -0.1) is 0 Å². The lowest BCUT2D eigenvalue weighted by atomic mass is 10.1. The summed E-state index contributed by atoms with van der Waals surface area (Å²) in [6.45, 7) is 5.02. The van der Waals surface area contributed by atoms with Gasteiger partial charge in [0.25, 0.3) is 5.17 Å². The molecule has 3 heteroatoms. The molecule has 0 rings (SSSR count). The topological polar surface area (TPSA) is 35.2 Å². The summed E-state index contributed by atoms with van der Waals surface area (Å²) >= 11 is 4.53. The quantitative estimate of drug-likeness (QED) is 0.503. The second kappa shape index (κ2) is 5.47. The van der Waals surface area contributed by atoms with Gasteiger partial charge in [-0.3, -0.25) is 0 Å². The summed E-state index contributed by atoms with van der Waals surface area (Å²) in [5.41, 5.74) is 5.12. The van der Waals surface area contributed by atoms with Crippen LogP contribution in [0.3, 0.4) is 0 Å². The molecule has 0 aromatic rings. The van der Waals surface area contributed by atoms with Crippen molar-refractivity contribution in [1.29, 1.82) is 0 Å². The summed E-state index contributed by atoms with van der Waals surface area (Å²) in [4.78, 5) is 0. The normalized spacial score (nSPS) is 9.90. The van der Waals surface area contributed by atoms with E-state index in [2.05, 4.69) is 26.1 Å². The molecule has 0 aliphatic rings. The van der Waals surface area contributed by atoms with Crippen LogP contribution in [-0.4, -0.2) is 11.8 Å². The minimum atomic E-state index is 0.156. The lowest BCUT2D eigenvalue weighted by molar-refractivity contribution is 0.289. The van der Waals surface area contributed by atoms with Crippen molar-refractivity contribution in [3.8, 4) is 0 Å². The van der Waals surface area contributed by atoms with E-state index < -0.39 is 0 Å². The summed E-state index contributed by atoms with van der Waals surface area (Å²) in [5.74, 6) is 0.731. The van der Waals surface area contributed by atoms with Crippen molar-refractivity contribution >= 4 is 17.4 Å². The highest BCUT2D eigenvalue weighted by atomic mass is 32.1. The zero-order valence-corrected chi connectivity index (χ0v) is 7.41. The average molecular weight is 161 g/mol. The summed E-state index contributed by atoms with van der Waals surface area (Å²) in [6.07, 6.45) is 2.21. The van der Waals surface area contributed by atoms with Crippen LogP contribution in [0, 0.1) is 5.92 Å². The Kier molecular flexibility index (Phi) is 5.30. The third kappa shape index (κ3) is 7.69. The number of thiocarbonyl (C=S) groups is 1. The molecule has 60 valence electrons. The Bertz CT molecular complexity index is 104. The molecule has 2 nitrogen and oxygen atoms in total. The van der Waals surface area contributed by atoms with E-state index in [0.29, 0.717) is 6.61 Å². The Balaban J connectivity index is 2.98. The van der Waals surface area contributed by atoms with Crippen molar-refractivity contribution in [2.24, 2.45) is 11.7 Å². The van der Waals surface area contributed by atoms with Gasteiger partial charge < -0.3 is 10.5 Å². The van der Waals surface area contributed by atoms with E-state index in [4.69, 9.17) is 10.5 Å². The van der Waals surface area contributed by atoms with Gasteiger partial charge >= 0.3 is 0 Å². The highest BCUT2D eigenvalue weighted by molar-refractivity contribution is 7.80. The van der Waals surface area contributed by atoms with E-state index in [9.17, 15) is 0 Å². The van der Waals surface area contributed by atoms with Gasteiger partial charge in [-0.05, 0) is 31.0 Å². The minimum Gasteiger partial charge on any atom is -0.471 e. The van der Waals surface area contributed by atoms with Gasteiger partial charge in [0.05, 0.1) is 6.61 Å². The fourth-order valence-electron chi connectivity index (χ4n) is 0.664. The summed E-state index contributed by atoms with van der Waals surface area (Å²) < 4.78 is 4.90. The second-order valence-electron chi connectivity index (χ2n) is 2.70. The summed E-state index contributed by atoms with van der Waals surface area (Å²) in [7, 11) is 0. The molecule has 0 fully saturated rings. The SMILES string of the molecule is CC(C)CCCOC(N)=S. The molecule has 0 aromatic carbocycles. The molecular weight excluding hydrogens is 146 g/mol. The molecule has 0 bridgehead atoms. The zero-order chi connectivity index (χ0) is 7.98. The first-order chi connectivity index (χ1) is 4.63. The minimum absolute atomic E-state index is 0.156. The maximum atomic E-state index is 5.12. The number of rotatable bonds is 4. The van der Waals surface area contributed by atoms with Crippen molar-refractivity contribution in [3.63, 3.8) is 0 Å². The van der Waals surface area contributed by atoms with Crippen LogP contribution in [0.15, 0.2) is 0 Å². The molecule has 0 saturated heterocycles. The molecule has 0 aliphatic heterocycles. The number of hydrogen-bond acceptors (Lipinski definition) is 2. The van der Waals surface area contributed by atoms with Crippen molar-refractivity contribution < 1.29 is 4.74 Å². The van der Waals surface area contributed by atoms with Crippen LogP contribution in [0.1, 0.15) is 26.7 Å². The van der Waals surface area contributed by atoms with Crippen molar-refractivity contribution in [2.45, 2.75) is 26.7 Å². The standard InChI is InChI=1S/C7H15NOS/c1-6(2)4-3-5-9-7(8)10/h6H,3-5H2,1-2H3,(H2,8,10). The van der Waals surface area contributed by atoms with Crippen LogP contribution < -0.4 is 5.73 Å². The van der Waals surface area contributed by atoms with E-state index in [0.717, 1.165) is 12.3 Å². The first-order valence-corrected chi connectivity index (χ1v) is 3.96. The molecule has 0 atom stereocenters. The highest BCUT2D eigenvalue weighted by Crippen LogP contribution is 2.02. The molecule has 0 saturated carbocycles. The Hall–Kier alpha value is -0.310. The predicted octanol–water partition coefficient (Wildman–Crippen LogP) is 1.68. The van der Waals surface area contributed by atoms with Crippen molar-refractivity contribution in [1.82, 2.24) is 0 Å². The molecule has 0 spiro atoms. The van der Waals surface area contributed by atoms with Crippen LogP contribution in [0.4, 0.5) is 0 Å². The molecular formula is C7H15NOS. The van der Waals surface area contributed by atoms with Gasteiger partial charge in [0, 0.05) is 0 Å². The average Bonchev–Trinajstić information content (AvgIpc) is 1.79. The van der Waals surface area contributed by atoms with Gasteiger partial charge in [-0.2, -0.15) is 0 Å². The molecule has 2 N–H and O–H groups in total. The molecule has 0 amide bonds. The monoisotopic (exact) mass is 161 g/mol. The lowest BCUT2D eigenvalue weighted by Crippen LogP contribution is -2.13. The number of ether oxygens (including phenoxy) is 1. The second-order valence-corrected chi connectivity index (χ2v) is 3.11. The Labute approximate surface area is 67.7 Å². The number of hydrogen-bond donors (Lipinski definition) is 1. The van der Waals surface area contributed by atoms with E-state index in [-0.39, 0.29) is 5.17 Å². The maximum absolute atomic E-state index is 5.12. The summed E-state index contributed by atoms with van der Waals surface area (Å²) in [6, 6.07) is 0. The maximum Gasteiger partial charge on any atom is 0.253 e. The first-order valence-electron chi connectivity index (χ1n) is 3.55. The van der Waals surface area contributed by atoms with Gasteiger partial charge in [0.1, 0.15) is 0 Å². The Morgan fingerprint density at radius 1 is 1.60 bits per heavy atom. The Morgan fingerprint density at radius 2 is 2.20 bits per heavy atom. The molecule has 0 aliphatic carbocycles. The third-order valence-electron chi connectivity index (χ3n) is 1.17. The van der Waals surface area contributed by atoms with Crippen LogP contribution in [-0.2, 0) is 4.74 Å². The van der Waals surface area contributed by atoms with Crippen molar-refractivity contribution in [3.05, 3.63) is 0 Å². The molecule has 0 unspecified atom stereocenters. The van der Waals surface area contributed by atoms with E-state index >= 15 is 0 Å². The first kappa shape index (κ1) is 9.69. The molecule has 0 heterocycles. The highest BCUT2D eigenvalue weighted by Gasteiger charge is 1.94. The molecule has 0 aromatic heterocycles. The van der Waals surface area contributed by atoms with Gasteiger partial charge in [-0.25, -0.2) is 0 Å². The lowest BCUT2D eigenvalue weighted by Gasteiger charge is -2.04. The van der Waals surface area contributed by atoms with E-state index in [1.807, 2.05) is 0 Å². The zero-order valence-electron chi connectivity index (χ0n) is 6.59. The van der Waals surface area contributed by atoms with E-state index in [1.54, 1.807) is 0 Å². The van der Waals surface area contributed by atoms with Gasteiger partial charge in [-0.1, -0.05) is 13.8 Å². The Morgan fingerprint density at radius 3 is 2.60 bits per heavy atom. The predicted molar refractivity (Wildman–Crippen MR) is 46.8 cm³/mol. The van der Waals surface area contributed by atoms with Crippen LogP contribution in [0.25, 0.3) is 0 Å². The van der Waals surface area contributed by atoms with Gasteiger partial charge in [0.15, 0.2) is 0 Å². The van der Waals surface area contributed by atoms with Gasteiger partial charge in [0.2, 0.25) is 0 Å². The van der Waals surface area contributed by atoms with E-state index in [1.165, 1.54) is 6.42 Å². The fourth-order valence-corrected chi connectivity index (χ4v) is 0.748. The fraction of sp³-hybridized carbons (Fsp3) is 0.857. The summed E-state index contributed by atoms with van der Waals surface area (Å²) in [5, 5.41) is 0.156. The third-order valence-corrected chi connectivity index (χ3v) is 1.29. The van der Waals surface area contributed by atoms with Crippen LogP contribution >= 0.6 is 12.2 Å². The smallest absolute Gasteiger partial charge is 0.253 e. The molecule has 0 radical (unpaired) electrons. The van der Waals surface area contributed by atoms with Crippen LogP contribution in [0.2, 0.25) is 0 Å². The largest absolute Gasteiger partial charge is 0.471 e. The number of nitrogens with two attached hydrogens (primary N) is 1. The van der Waals surface area contributed by atoms with Crippen LogP contribution in [0.5, 0.6) is 0 Å². The van der Waals surface area contributed by atoms with Crippen molar-refractivity contribution in [2.75, 3.05) is 6.61 Å². The molecule has 10 heavy (non-hydrogen) atoms.